The van der Waals surface area contributed by atoms with Crippen LogP contribution in [0.4, 0.5) is 0 Å². The molecule has 4 heteroatoms. The molecule has 3 aromatic carbocycles. The molecule has 0 spiro atoms. The topological polar surface area (TPSA) is 27.7 Å². The number of hydrogen-bond acceptors (Lipinski definition) is 3. The van der Waals surface area contributed by atoms with Crippen molar-refractivity contribution in [1.82, 2.24) is 0 Å². The first-order chi connectivity index (χ1) is 11.2. The van der Waals surface area contributed by atoms with E-state index in [1.165, 1.54) is 0 Å². The van der Waals surface area contributed by atoms with Crippen molar-refractivity contribution in [3.8, 4) is 28.4 Å². The lowest BCUT2D eigenvalue weighted by molar-refractivity contribution is 0.356. The molecule has 0 aliphatic carbocycles. The quantitative estimate of drug-likeness (QED) is 0.548. The van der Waals surface area contributed by atoms with Crippen molar-refractivity contribution in [2.24, 2.45) is 0 Å². The van der Waals surface area contributed by atoms with E-state index in [-0.39, 0.29) is 0 Å². The van der Waals surface area contributed by atoms with Crippen molar-refractivity contribution in [3.63, 3.8) is 0 Å². The maximum atomic E-state index is 5.50. The minimum atomic E-state index is 0.732. The second-order valence-electron chi connectivity index (χ2n) is 5.06. The van der Waals surface area contributed by atoms with Crippen molar-refractivity contribution in [3.05, 3.63) is 52.1 Å². The first-order valence-electron chi connectivity index (χ1n) is 7.17. The van der Waals surface area contributed by atoms with Crippen molar-refractivity contribution in [2.45, 2.75) is 0 Å². The molecule has 0 fully saturated rings. The van der Waals surface area contributed by atoms with Crippen LogP contribution >= 0.6 is 22.6 Å². The number of methoxy groups -OCH3 is 3. The van der Waals surface area contributed by atoms with Gasteiger partial charge < -0.3 is 14.2 Å². The summed E-state index contributed by atoms with van der Waals surface area (Å²) >= 11 is 2.38. The molecule has 0 aliphatic rings. The Balaban J connectivity index is 2.26. The third-order valence-electron chi connectivity index (χ3n) is 3.86. The molecule has 0 saturated carbocycles. The van der Waals surface area contributed by atoms with Crippen LogP contribution < -0.4 is 14.2 Å². The zero-order valence-corrected chi connectivity index (χ0v) is 15.4. The van der Waals surface area contributed by atoms with E-state index in [1.54, 1.807) is 21.3 Å². The van der Waals surface area contributed by atoms with E-state index in [9.17, 15) is 0 Å². The van der Waals surface area contributed by atoms with Gasteiger partial charge in [-0.05, 0) is 57.1 Å². The molecular formula is C19H17IO3. The molecule has 0 N–H and O–H groups in total. The van der Waals surface area contributed by atoms with Gasteiger partial charge in [-0.1, -0.05) is 30.3 Å². The summed E-state index contributed by atoms with van der Waals surface area (Å²) in [6, 6.07) is 16.3. The normalized spacial score (nSPS) is 10.6. The smallest absolute Gasteiger partial charge is 0.161 e. The Bertz CT molecular complexity index is 859. The van der Waals surface area contributed by atoms with E-state index < -0.39 is 0 Å². The fourth-order valence-electron chi connectivity index (χ4n) is 2.69. The molecule has 0 heterocycles. The SMILES string of the molecule is COc1cc2ccc(-c3ccccc3OC)c(I)c2cc1OC. The van der Waals surface area contributed by atoms with E-state index in [0.717, 1.165) is 42.7 Å². The Kier molecular flexibility index (Phi) is 4.61. The lowest BCUT2D eigenvalue weighted by Gasteiger charge is -2.14. The lowest BCUT2D eigenvalue weighted by atomic mass is 10.00. The number of fused-ring (bicyclic) bond motifs is 1. The summed E-state index contributed by atoms with van der Waals surface area (Å²) in [4.78, 5) is 0. The predicted molar refractivity (Wildman–Crippen MR) is 102 cm³/mol. The number of hydrogen-bond donors (Lipinski definition) is 0. The fraction of sp³-hybridized carbons (Fsp3) is 0.158. The van der Waals surface area contributed by atoms with Crippen LogP contribution in [0.15, 0.2) is 48.5 Å². The van der Waals surface area contributed by atoms with E-state index >= 15 is 0 Å². The minimum absolute atomic E-state index is 0.732. The molecule has 0 amide bonds. The summed E-state index contributed by atoms with van der Waals surface area (Å²) in [7, 11) is 5.00. The minimum Gasteiger partial charge on any atom is -0.496 e. The molecule has 3 nitrogen and oxygen atoms in total. The molecule has 23 heavy (non-hydrogen) atoms. The highest BCUT2D eigenvalue weighted by atomic mass is 127. The van der Waals surface area contributed by atoms with Gasteiger partial charge >= 0.3 is 0 Å². The predicted octanol–water partition coefficient (Wildman–Crippen LogP) is 5.14. The molecule has 0 aromatic heterocycles. The molecule has 3 rings (SSSR count). The maximum Gasteiger partial charge on any atom is 0.161 e. The van der Waals surface area contributed by atoms with Gasteiger partial charge in [0.05, 0.1) is 21.3 Å². The van der Waals surface area contributed by atoms with Crippen LogP contribution in [0, 0.1) is 3.57 Å². The van der Waals surface area contributed by atoms with Crippen LogP contribution in [-0.4, -0.2) is 21.3 Å². The van der Waals surface area contributed by atoms with Crippen LogP contribution in [0.2, 0.25) is 0 Å². The average molecular weight is 420 g/mol. The van der Waals surface area contributed by atoms with Gasteiger partial charge in [0.2, 0.25) is 0 Å². The standard InChI is InChI=1S/C19H17IO3/c1-21-16-7-5-4-6-13(16)14-9-8-12-10-17(22-2)18(23-3)11-15(12)19(14)20/h4-11H,1-3H3. The summed E-state index contributed by atoms with van der Waals surface area (Å²) < 4.78 is 17.5. The van der Waals surface area contributed by atoms with Gasteiger partial charge in [0.1, 0.15) is 5.75 Å². The van der Waals surface area contributed by atoms with Gasteiger partial charge in [0.15, 0.2) is 11.5 Å². The Hall–Kier alpha value is -1.95. The number of halogens is 1. The van der Waals surface area contributed by atoms with Crippen molar-refractivity contribution < 1.29 is 14.2 Å². The molecule has 118 valence electrons. The largest absolute Gasteiger partial charge is 0.496 e. The van der Waals surface area contributed by atoms with Crippen LogP contribution in [-0.2, 0) is 0 Å². The zero-order chi connectivity index (χ0) is 16.4. The fourth-order valence-corrected chi connectivity index (χ4v) is 3.63. The highest BCUT2D eigenvalue weighted by Crippen LogP contribution is 2.40. The highest BCUT2D eigenvalue weighted by Gasteiger charge is 2.14. The summed E-state index contributed by atoms with van der Waals surface area (Å²) in [6.45, 7) is 0. The van der Waals surface area contributed by atoms with E-state index in [2.05, 4.69) is 40.8 Å². The van der Waals surface area contributed by atoms with Crippen molar-refractivity contribution >= 4 is 33.4 Å². The summed E-state index contributed by atoms with van der Waals surface area (Å²) in [5.74, 6) is 2.33. The van der Waals surface area contributed by atoms with E-state index in [1.807, 2.05) is 30.3 Å². The average Bonchev–Trinajstić information content (AvgIpc) is 2.61. The van der Waals surface area contributed by atoms with E-state index in [4.69, 9.17) is 14.2 Å². The summed E-state index contributed by atoms with van der Waals surface area (Å²) in [5, 5.41) is 2.25. The van der Waals surface area contributed by atoms with Gasteiger partial charge in [0, 0.05) is 9.13 Å². The van der Waals surface area contributed by atoms with Gasteiger partial charge in [-0.15, -0.1) is 0 Å². The van der Waals surface area contributed by atoms with Gasteiger partial charge in [-0.2, -0.15) is 0 Å². The Morgan fingerprint density at radius 3 is 2.04 bits per heavy atom. The number of ether oxygens (including phenoxy) is 3. The third-order valence-corrected chi connectivity index (χ3v) is 5.02. The molecule has 0 bridgehead atoms. The van der Waals surface area contributed by atoms with Crippen LogP contribution in [0.3, 0.4) is 0 Å². The second-order valence-corrected chi connectivity index (χ2v) is 6.13. The Labute approximate surface area is 149 Å². The molecule has 0 saturated heterocycles. The zero-order valence-electron chi connectivity index (χ0n) is 13.2. The first kappa shape index (κ1) is 15.9. The second kappa shape index (κ2) is 6.66. The number of benzene rings is 3. The summed E-state index contributed by atoms with van der Waals surface area (Å²) in [5.41, 5.74) is 2.22. The van der Waals surface area contributed by atoms with Crippen molar-refractivity contribution in [1.29, 1.82) is 0 Å². The number of rotatable bonds is 4. The molecule has 0 unspecified atom stereocenters. The third kappa shape index (κ3) is 2.83. The van der Waals surface area contributed by atoms with Crippen LogP contribution in [0.5, 0.6) is 17.2 Å². The molecule has 3 aromatic rings. The monoisotopic (exact) mass is 420 g/mol. The molecule has 0 atom stereocenters. The van der Waals surface area contributed by atoms with Gasteiger partial charge in [-0.25, -0.2) is 0 Å². The van der Waals surface area contributed by atoms with Gasteiger partial charge in [-0.3, -0.25) is 0 Å². The van der Waals surface area contributed by atoms with Gasteiger partial charge in [0.25, 0.3) is 0 Å². The Morgan fingerprint density at radius 1 is 0.696 bits per heavy atom. The Morgan fingerprint density at radius 2 is 1.35 bits per heavy atom. The van der Waals surface area contributed by atoms with Crippen LogP contribution in [0.25, 0.3) is 21.9 Å². The molecule has 0 radical (unpaired) electrons. The highest BCUT2D eigenvalue weighted by molar-refractivity contribution is 14.1. The van der Waals surface area contributed by atoms with Crippen LogP contribution in [0.1, 0.15) is 0 Å². The lowest BCUT2D eigenvalue weighted by Crippen LogP contribution is -1.93. The summed E-state index contributed by atoms with van der Waals surface area (Å²) in [6.07, 6.45) is 0. The maximum absolute atomic E-state index is 5.50. The number of para-hydroxylation sites is 1. The van der Waals surface area contributed by atoms with Crippen molar-refractivity contribution in [2.75, 3.05) is 21.3 Å². The molecule has 0 aliphatic heterocycles. The molecular weight excluding hydrogens is 403 g/mol. The first-order valence-corrected chi connectivity index (χ1v) is 8.25. The van der Waals surface area contributed by atoms with E-state index in [0.29, 0.717) is 0 Å².